The molecule has 0 aromatic heterocycles. The van der Waals surface area contributed by atoms with Gasteiger partial charge in [-0.1, -0.05) is 142 Å². The van der Waals surface area contributed by atoms with Crippen LogP contribution in [0, 0.1) is 104 Å². The highest BCUT2D eigenvalue weighted by Gasteiger charge is 2.75. The van der Waals surface area contributed by atoms with E-state index >= 15 is 4.79 Å². The number of ether oxygens (including phenoxy) is 4. The van der Waals surface area contributed by atoms with E-state index in [0.717, 1.165) is 64.2 Å². The summed E-state index contributed by atoms with van der Waals surface area (Å²) in [5.41, 5.74) is -0.528. The normalized spacial score (nSPS) is 43.0. The lowest BCUT2D eigenvalue weighted by molar-refractivity contribution is -0.217. The van der Waals surface area contributed by atoms with E-state index in [0.29, 0.717) is 18.6 Å². The van der Waals surface area contributed by atoms with Gasteiger partial charge < -0.3 is 18.9 Å². The second kappa shape index (κ2) is 18.3. The molecule has 0 aromatic carbocycles. The summed E-state index contributed by atoms with van der Waals surface area (Å²) in [5.74, 6) is -3.41. The Balaban J connectivity index is 1.16. The third-order valence-corrected chi connectivity index (χ3v) is 20.8. The Morgan fingerprint density at radius 2 is 0.868 bits per heavy atom. The van der Waals surface area contributed by atoms with Crippen LogP contribution in [0.25, 0.3) is 0 Å². The van der Waals surface area contributed by atoms with Crippen molar-refractivity contribution in [2.75, 3.05) is 26.4 Å². The van der Waals surface area contributed by atoms with Gasteiger partial charge in [-0.25, -0.2) is 0 Å². The first-order chi connectivity index (χ1) is 32.2. The Hall–Kier alpha value is -4.01. The molecule has 0 N–H and O–H groups in total. The third-order valence-electron chi connectivity index (χ3n) is 20.8. The summed E-state index contributed by atoms with van der Waals surface area (Å²) in [6.45, 7) is 33.7. The van der Waals surface area contributed by atoms with Gasteiger partial charge in [0.25, 0.3) is 0 Å². The number of hydrogen-bond acceptors (Lipinski definition) is 9. The van der Waals surface area contributed by atoms with Crippen LogP contribution in [0.1, 0.15) is 132 Å². The minimum atomic E-state index is -0.698. The van der Waals surface area contributed by atoms with E-state index in [-0.39, 0.29) is 108 Å². The number of carbonyl (C=O) groups excluding carboxylic acids is 5. The molecule has 16 unspecified atom stereocenters. The summed E-state index contributed by atoms with van der Waals surface area (Å²) in [6.07, 6.45) is 21.0. The molecule has 16 atom stereocenters. The number of rotatable bonds is 16. The van der Waals surface area contributed by atoms with Gasteiger partial charge in [0.1, 0.15) is 32.2 Å². The minimum absolute atomic E-state index is 0.0704. The zero-order chi connectivity index (χ0) is 49.4. The van der Waals surface area contributed by atoms with Crippen LogP contribution in [0.5, 0.6) is 0 Å². The van der Waals surface area contributed by atoms with Crippen molar-refractivity contribution in [2.45, 2.75) is 132 Å². The first-order valence-corrected chi connectivity index (χ1v) is 26.3. The first kappa shape index (κ1) is 50.4. The zero-order valence-electron chi connectivity index (χ0n) is 42.7. The van der Waals surface area contributed by atoms with Crippen LogP contribution < -0.4 is 0 Å². The largest absolute Gasteiger partial charge is 0.461 e. The highest BCUT2D eigenvalue weighted by molar-refractivity contribution is 5.91. The van der Waals surface area contributed by atoms with E-state index in [1.165, 1.54) is 11.1 Å². The summed E-state index contributed by atoms with van der Waals surface area (Å²) >= 11 is 0. The Kier molecular flexibility index (Phi) is 13.6. The zero-order valence-corrected chi connectivity index (χ0v) is 42.7. The molecule has 10 aliphatic carbocycles. The first-order valence-electron chi connectivity index (χ1n) is 26.3. The fraction of sp³-hybridized carbons (Fsp3) is 0.712. The molecule has 0 heterocycles. The van der Waals surface area contributed by atoms with Crippen LogP contribution >= 0.6 is 0 Å². The maximum absolute atomic E-state index is 16.4. The second-order valence-electron chi connectivity index (χ2n) is 24.4. The van der Waals surface area contributed by atoms with E-state index in [2.05, 4.69) is 93.9 Å². The standard InChI is InChI=1S/C59H82O9/c1-13-27-65-49(60)45-37-31-43-54(9)21-17-23-56(11,41(54)19-25-58(43,33-39(37)35(5)6)47(45)51(62)67-29-15-3)53(64)57(12)24-18-22-55(10)42(57)20-26-59-34-40(36(7)8)38(32-44(55)59)46(50(61)66-28-14-2)48(59)52(63)68-30-16-4/h13-16,33-38,41-48H,1-4,17-32H2,5-12H3. The van der Waals surface area contributed by atoms with Crippen molar-refractivity contribution < 1.29 is 42.9 Å². The Morgan fingerprint density at radius 3 is 1.19 bits per heavy atom. The molecule has 0 saturated heterocycles. The smallest absolute Gasteiger partial charge is 0.311 e. The predicted molar refractivity (Wildman–Crippen MR) is 263 cm³/mol. The van der Waals surface area contributed by atoms with Gasteiger partial charge in [0, 0.05) is 21.7 Å². The van der Waals surface area contributed by atoms with Crippen molar-refractivity contribution in [3.8, 4) is 0 Å². The average molecular weight is 935 g/mol. The van der Waals surface area contributed by atoms with Gasteiger partial charge in [0.15, 0.2) is 0 Å². The molecule has 0 radical (unpaired) electrons. The van der Waals surface area contributed by atoms with Crippen LogP contribution in [0.2, 0.25) is 0 Å². The van der Waals surface area contributed by atoms with Crippen molar-refractivity contribution in [1.82, 2.24) is 0 Å². The summed E-state index contributed by atoms with van der Waals surface area (Å²) < 4.78 is 23.5. The fourth-order valence-electron chi connectivity index (χ4n) is 18.7. The molecular formula is C59H82O9. The van der Waals surface area contributed by atoms with Crippen LogP contribution in [0.15, 0.2) is 73.9 Å². The lowest BCUT2D eigenvalue weighted by Gasteiger charge is -2.71. The van der Waals surface area contributed by atoms with E-state index < -0.39 is 45.3 Å². The number of ketones is 1. The van der Waals surface area contributed by atoms with E-state index in [4.69, 9.17) is 18.9 Å². The maximum Gasteiger partial charge on any atom is 0.311 e. The van der Waals surface area contributed by atoms with Crippen molar-refractivity contribution >= 4 is 29.7 Å². The number of allylic oxidation sites excluding steroid dienone is 4. The van der Waals surface area contributed by atoms with Gasteiger partial charge in [0.2, 0.25) is 0 Å². The molecule has 0 amide bonds. The van der Waals surface area contributed by atoms with Crippen molar-refractivity contribution in [3.63, 3.8) is 0 Å². The predicted octanol–water partition coefficient (Wildman–Crippen LogP) is 11.6. The SMILES string of the molecule is C=CCOC(=O)C1C2CC3C4(C)CCCC(C)(C(=O)C5(C)CCCC6(C)C5CCC57C=C(C(C)C)C(CC65)C(C(=O)OCC=C)C7C(=O)OCC=C)C4CCC3(C=C2C(C)C)C1C(=O)OCC=C. The van der Waals surface area contributed by atoms with Gasteiger partial charge in [-0.05, 0) is 122 Å². The summed E-state index contributed by atoms with van der Waals surface area (Å²) in [4.78, 5) is 73.9. The molecule has 4 bridgehead atoms. The average Bonchev–Trinajstić information content (AvgIpc) is 3.31. The maximum atomic E-state index is 16.4. The van der Waals surface area contributed by atoms with Gasteiger partial charge in [-0.3, -0.25) is 24.0 Å². The lowest BCUT2D eigenvalue weighted by atomic mass is 9.32. The Morgan fingerprint density at radius 1 is 0.529 bits per heavy atom. The molecule has 0 aliphatic heterocycles. The summed E-state index contributed by atoms with van der Waals surface area (Å²) in [5, 5.41) is 0. The van der Waals surface area contributed by atoms with Gasteiger partial charge in [0.05, 0.1) is 23.7 Å². The number of fused-ring (bicyclic) bond motifs is 4. The van der Waals surface area contributed by atoms with Crippen molar-refractivity contribution in [2.24, 2.45) is 104 Å². The molecule has 6 saturated carbocycles. The third kappa shape index (κ3) is 7.28. The molecule has 68 heavy (non-hydrogen) atoms. The number of hydrogen-bond donors (Lipinski definition) is 0. The highest BCUT2D eigenvalue weighted by Crippen LogP contribution is 2.77. The Bertz CT molecular complexity index is 2010. The van der Waals surface area contributed by atoms with Crippen LogP contribution in [-0.4, -0.2) is 56.1 Å². The number of carbonyl (C=O) groups is 5. The topological polar surface area (TPSA) is 122 Å². The van der Waals surface area contributed by atoms with Crippen LogP contribution in [0.3, 0.4) is 0 Å². The van der Waals surface area contributed by atoms with Gasteiger partial charge >= 0.3 is 23.9 Å². The molecule has 6 fully saturated rings. The summed E-state index contributed by atoms with van der Waals surface area (Å²) in [7, 11) is 0. The molecule has 372 valence electrons. The highest BCUT2D eigenvalue weighted by atomic mass is 16.5. The monoisotopic (exact) mass is 935 g/mol. The lowest BCUT2D eigenvalue weighted by Crippen LogP contribution is -2.69. The van der Waals surface area contributed by atoms with E-state index in [1.807, 2.05) is 0 Å². The van der Waals surface area contributed by atoms with Crippen molar-refractivity contribution in [3.05, 3.63) is 73.9 Å². The number of Topliss-reactive ketones (excluding diaryl/α,β-unsaturated/α-hetero) is 1. The van der Waals surface area contributed by atoms with Crippen molar-refractivity contribution in [1.29, 1.82) is 0 Å². The van der Waals surface area contributed by atoms with Gasteiger partial charge in [-0.2, -0.15) is 0 Å². The minimum Gasteiger partial charge on any atom is -0.461 e. The van der Waals surface area contributed by atoms with Gasteiger partial charge in [-0.15, -0.1) is 0 Å². The molecule has 10 aliphatic rings. The molecule has 10 rings (SSSR count). The van der Waals surface area contributed by atoms with E-state index in [9.17, 15) is 19.2 Å². The molecular weight excluding hydrogens is 853 g/mol. The summed E-state index contributed by atoms with van der Waals surface area (Å²) in [6, 6.07) is 0. The van der Waals surface area contributed by atoms with E-state index in [1.54, 1.807) is 24.3 Å². The molecule has 9 nitrogen and oxygen atoms in total. The second-order valence-corrected chi connectivity index (χ2v) is 24.4. The molecule has 2 spiro atoms. The number of esters is 4. The molecule has 0 aromatic rings. The van der Waals surface area contributed by atoms with Crippen LogP contribution in [0.4, 0.5) is 0 Å². The Labute approximate surface area is 407 Å². The molecule has 9 heteroatoms. The van der Waals surface area contributed by atoms with Crippen LogP contribution in [-0.2, 0) is 42.9 Å². The quantitative estimate of drug-likeness (QED) is 0.0845. The fourth-order valence-corrected chi connectivity index (χ4v) is 18.7.